The first kappa shape index (κ1) is 16.5. The van der Waals surface area contributed by atoms with Crippen molar-refractivity contribution in [3.63, 3.8) is 0 Å². The predicted octanol–water partition coefficient (Wildman–Crippen LogP) is 3.51. The first-order chi connectivity index (χ1) is 9.40. The molecule has 0 bridgehead atoms. The van der Waals surface area contributed by atoms with Crippen LogP contribution < -0.4 is 5.32 Å². The van der Waals surface area contributed by atoms with Crippen LogP contribution in [-0.4, -0.2) is 24.3 Å². The number of benzene rings is 1. The summed E-state index contributed by atoms with van der Waals surface area (Å²) >= 11 is 0. The number of ether oxygens (including phenoxy) is 2. The van der Waals surface area contributed by atoms with E-state index >= 15 is 0 Å². The molecule has 1 rings (SSSR count). The van der Waals surface area contributed by atoms with Crippen molar-refractivity contribution < 1.29 is 14.3 Å². The Morgan fingerprint density at radius 3 is 2.45 bits per heavy atom. The molecule has 1 aromatic rings. The fourth-order valence-corrected chi connectivity index (χ4v) is 1.63. The van der Waals surface area contributed by atoms with Gasteiger partial charge >= 0.3 is 6.09 Å². The summed E-state index contributed by atoms with van der Waals surface area (Å²) in [5, 5.41) is 2.82. The normalized spacial score (nSPS) is 12.8. The Morgan fingerprint density at radius 1 is 1.25 bits per heavy atom. The largest absolute Gasteiger partial charge is 0.444 e. The lowest BCUT2D eigenvalue weighted by Crippen LogP contribution is -2.41. The van der Waals surface area contributed by atoms with Gasteiger partial charge in [0.15, 0.2) is 0 Å². The van der Waals surface area contributed by atoms with Crippen molar-refractivity contribution in [1.29, 1.82) is 0 Å². The lowest BCUT2D eigenvalue weighted by molar-refractivity contribution is 0.0426. The van der Waals surface area contributed by atoms with E-state index in [4.69, 9.17) is 9.47 Å². The van der Waals surface area contributed by atoms with Crippen LogP contribution >= 0.6 is 0 Å². The summed E-state index contributed by atoms with van der Waals surface area (Å²) < 4.78 is 10.9. The van der Waals surface area contributed by atoms with E-state index in [0.717, 1.165) is 12.0 Å². The number of carbonyl (C=O) groups is 1. The Labute approximate surface area is 121 Å². The number of amides is 1. The van der Waals surface area contributed by atoms with Gasteiger partial charge in [0.05, 0.1) is 19.3 Å². The summed E-state index contributed by atoms with van der Waals surface area (Å²) in [7, 11) is 0. The van der Waals surface area contributed by atoms with Crippen molar-refractivity contribution in [3.05, 3.63) is 35.9 Å². The van der Waals surface area contributed by atoms with Crippen LogP contribution in [-0.2, 0) is 16.1 Å². The van der Waals surface area contributed by atoms with Crippen molar-refractivity contribution in [2.45, 2.75) is 52.4 Å². The van der Waals surface area contributed by atoms with Gasteiger partial charge in [-0.15, -0.1) is 0 Å². The van der Waals surface area contributed by atoms with Crippen LogP contribution in [0.3, 0.4) is 0 Å². The van der Waals surface area contributed by atoms with Crippen LogP contribution in [0.5, 0.6) is 0 Å². The first-order valence-corrected chi connectivity index (χ1v) is 7.02. The Hall–Kier alpha value is -1.55. The number of hydrogen-bond acceptors (Lipinski definition) is 3. The molecular formula is C16H25NO3. The average Bonchev–Trinajstić information content (AvgIpc) is 2.36. The molecule has 0 aliphatic heterocycles. The molecule has 1 aromatic carbocycles. The molecule has 1 amide bonds. The zero-order valence-electron chi connectivity index (χ0n) is 12.8. The smallest absolute Gasteiger partial charge is 0.407 e. The van der Waals surface area contributed by atoms with Crippen LogP contribution in [0.2, 0.25) is 0 Å². The molecule has 0 spiro atoms. The Kier molecular flexibility index (Phi) is 6.52. The minimum absolute atomic E-state index is 0.0337. The van der Waals surface area contributed by atoms with E-state index in [9.17, 15) is 4.79 Å². The molecule has 0 aliphatic carbocycles. The molecular weight excluding hydrogens is 254 g/mol. The predicted molar refractivity (Wildman–Crippen MR) is 79.5 cm³/mol. The highest BCUT2D eigenvalue weighted by molar-refractivity contribution is 5.68. The summed E-state index contributed by atoms with van der Waals surface area (Å²) in [6.45, 7) is 8.57. The molecule has 0 aromatic heterocycles. The minimum atomic E-state index is -0.479. The van der Waals surface area contributed by atoms with Crippen molar-refractivity contribution in [3.8, 4) is 0 Å². The van der Waals surface area contributed by atoms with E-state index in [0.29, 0.717) is 13.2 Å². The van der Waals surface area contributed by atoms with E-state index in [2.05, 4.69) is 5.32 Å². The van der Waals surface area contributed by atoms with Gasteiger partial charge in [-0.2, -0.15) is 0 Å². The fraction of sp³-hybridized carbons (Fsp3) is 0.562. The second-order valence-corrected chi connectivity index (χ2v) is 5.75. The molecule has 0 fully saturated rings. The van der Waals surface area contributed by atoms with Gasteiger partial charge in [-0.25, -0.2) is 4.79 Å². The minimum Gasteiger partial charge on any atom is -0.444 e. The maximum Gasteiger partial charge on any atom is 0.407 e. The van der Waals surface area contributed by atoms with Gasteiger partial charge in [-0.1, -0.05) is 37.3 Å². The molecule has 20 heavy (non-hydrogen) atoms. The van der Waals surface area contributed by atoms with Gasteiger partial charge < -0.3 is 14.8 Å². The summed E-state index contributed by atoms with van der Waals surface area (Å²) in [5.74, 6) is 0. The maximum atomic E-state index is 11.7. The number of rotatable bonds is 6. The first-order valence-electron chi connectivity index (χ1n) is 7.02. The lowest BCUT2D eigenvalue weighted by atomic mass is 10.2. The topological polar surface area (TPSA) is 47.6 Å². The highest BCUT2D eigenvalue weighted by atomic mass is 16.6. The molecule has 0 aliphatic rings. The molecule has 1 unspecified atom stereocenters. The van der Waals surface area contributed by atoms with Crippen LogP contribution in [0.25, 0.3) is 0 Å². The number of carbonyl (C=O) groups excluding carboxylic acids is 1. The van der Waals surface area contributed by atoms with Crippen LogP contribution in [0, 0.1) is 0 Å². The quantitative estimate of drug-likeness (QED) is 0.867. The van der Waals surface area contributed by atoms with Crippen LogP contribution in [0.1, 0.15) is 39.7 Å². The molecule has 4 nitrogen and oxygen atoms in total. The third-order valence-electron chi connectivity index (χ3n) is 2.64. The third kappa shape index (κ3) is 7.14. The zero-order chi connectivity index (χ0) is 15.0. The van der Waals surface area contributed by atoms with Crippen molar-refractivity contribution in [2.24, 2.45) is 0 Å². The average molecular weight is 279 g/mol. The number of hydrogen-bond donors (Lipinski definition) is 1. The van der Waals surface area contributed by atoms with Crippen LogP contribution in [0.4, 0.5) is 4.79 Å². The molecule has 4 heteroatoms. The van der Waals surface area contributed by atoms with E-state index in [1.807, 2.05) is 58.0 Å². The summed E-state index contributed by atoms with van der Waals surface area (Å²) in [6.07, 6.45) is 0.404. The highest BCUT2D eigenvalue weighted by Crippen LogP contribution is 2.07. The van der Waals surface area contributed by atoms with Gasteiger partial charge in [-0.05, 0) is 32.8 Å². The highest BCUT2D eigenvalue weighted by Gasteiger charge is 2.18. The second kappa shape index (κ2) is 7.90. The number of nitrogens with one attached hydrogen (secondary N) is 1. The molecule has 0 saturated carbocycles. The van der Waals surface area contributed by atoms with Gasteiger partial charge in [-0.3, -0.25) is 0 Å². The summed E-state index contributed by atoms with van der Waals surface area (Å²) in [6, 6.07) is 9.94. The van der Waals surface area contributed by atoms with Crippen molar-refractivity contribution in [2.75, 3.05) is 6.61 Å². The Balaban J connectivity index is 2.31. The maximum absolute atomic E-state index is 11.7. The van der Waals surface area contributed by atoms with Crippen molar-refractivity contribution in [1.82, 2.24) is 5.32 Å². The van der Waals surface area contributed by atoms with E-state index in [1.165, 1.54) is 0 Å². The van der Waals surface area contributed by atoms with E-state index in [1.54, 1.807) is 0 Å². The summed E-state index contributed by atoms with van der Waals surface area (Å²) in [4.78, 5) is 11.7. The Bertz CT molecular complexity index is 398. The van der Waals surface area contributed by atoms with Gasteiger partial charge in [0, 0.05) is 0 Å². The molecule has 1 atom stereocenters. The lowest BCUT2D eigenvalue weighted by Gasteiger charge is -2.23. The van der Waals surface area contributed by atoms with Gasteiger partial charge in [0.2, 0.25) is 0 Å². The Morgan fingerprint density at radius 2 is 1.90 bits per heavy atom. The molecule has 112 valence electrons. The van der Waals surface area contributed by atoms with Gasteiger partial charge in [0.1, 0.15) is 5.60 Å². The zero-order valence-corrected chi connectivity index (χ0v) is 12.8. The monoisotopic (exact) mass is 279 g/mol. The van der Waals surface area contributed by atoms with E-state index < -0.39 is 11.7 Å². The van der Waals surface area contributed by atoms with Crippen molar-refractivity contribution >= 4 is 6.09 Å². The summed E-state index contributed by atoms with van der Waals surface area (Å²) in [5.41, 5.74) is 0.646. The third-order valence-corrected chi connectivity index (χ3v) is 2.64. The fourth-order valence-electron chi connectivity index (χ4n) is 1.63. The standard InChI is InChI=1S/C16H25NO3/c1-5-14(17-15(18)20-16(2,3)4)12-19-11-13-9-7-6-8-10-13/h6-10,14H,5,11-12H2,1-4H3,(H,17,18). The molecule has 1 N–H and O–H groups in total. The SMILES string of the molecule is CCC(COCc1ccccc1)NC(=O)OC(C)(C)C. The molecule has 0 heterocycles. The molecule has 0 radical (unpaired) electrons. The van der Waals surface area contributed by atoms with E-state index in [-0.39, 0.29) is 6.04 Å². The van der Waals surface area contributed by atoms with Gasteiger partial charge in [0.25, 0.3) is 0 Å². The van der Waals surface area contributed by atoms with Crippen LogP contribution in [0.15, 0.2) is 30.3 Å². The number of alkyl carbamates (subject to hydrolysis) is 1. The molecule has 0 saturated heterocycles. The second-order valence-electron chi connectivity index (χ2n) is 5.75.